The summed E-state index contributed by atoms with van der Waals surface area (Å²) in [7, 11) is -3.89. The maximum absolute atomic E-state index is 13.0. The first-order valence-corrected chi connectivity index (χ1v) is 10.9. The summed E-state index contributed by atoms with van der Waals surface area (Å²) in [5.74, 6) is -0.826. The maximum Gasteiger partial charge on any atom is 0.263 e. The highest BCUT2D eigenvalue weighted by atomic mass is 32.2. The quantitative estimate of drug-likeness (QED) is 0.504. The number of nitrogens with zero attached hydrogens (tertiary/aromatic N) is 1. The normalized spacial score (nSPS) is 11.2. The molecule has 0 spiro atoms. The molecule has 10 heteroatoms. The summed E-state index contributed by atoms with van der Waals surface area (Å²) in [4.78, 5) is 16.2. The van der Waals surface area contributed by atoms with Crippen LogP contribution in [0.25, 0.3) is 0 Å². The van der Waals surface area contributed by atoms with E-state index >= 15 is 0 Å². The molecular weight excluding hydrogens is 417 g/mol. The van der Waals surface area contributed by atoms with Crippen molar-refractivity contribution in [3.8, 4) is 0 Å². The van der Waals surface area contributed by atoms with E-state index < -0.39 is 15.8 Å². The van der Waals surface area contributed by atoms with Crippen LogP contribution in [0.4, 0.5) is 15.2 Å². The number of aliphatic hydroxyl groups is 1. The molecule has 3 rings (SSSR count). The molecule has 152 valence electrons. The van der Waals surface area contributed by atoms with Gasteiger partial charge >= 0.3 is 0 Å². The van der Waals surface area contributed by atoms with E-state index in [0.717, 1.165) is 41.2 Å². The largest absolute Gasteiger partial charge is 0.396 e. The van der Waals surface area contributed by atoms with Crippen molar-refractivity contribution in [2.45, 2.75) is 17.7 Å². The number of anilines is 2. The molecule has 0 aliphatic heterocycles. The van der Waals surface area contributed by atoms with Gasteiger partial charge in [-0.05, 0) is 48.4 Å². The minimum absolute atomic E-state index is 0.0207. The van der Waals surface area contributed by atoms with Crippen molar-refractivity contribution in [1.29, 1.82) is 0 Å². The predicted octanol–water partition coefficient (Wildman–Crippen LogP) is 2.80. The molecule has 3 aromatic rings. The fourth-order valence-corrected chi connectivity index (χ4v) is 4.44. The predicted molar refractivity (Wildman–Crippen MR) is 109 cm³/mol. The van der Waals surface area contributed by atoms with Crippen LogP contribution in [0.15, 0.2) is 58.8 Å². The molecule has 1 aromatic heterocycles. The second-order valence-electron chi connectivity index (χ2n) is 6.10. The summed E-state index contributed by atoms with van der Waals surface area (Å²) < 4.78 is 39.9. The Morgan fingerprint density at radius 2 is 1.79 bits per heavy atom. The minimum Gasteiger partial charge on any atom is -0.396 e. The van der Waals surface area contributed by atoms with Gasteiger partial charge in [-0.25, -0.2) is 17.8 Å². The Morgan fingerprint density at radius 1 is 1.10 bits per heavy atom. The van der Waals surface area contributed by atoms with Gasteiger partial charge in [0.15, 0.2) is 5.13 Å². The Balaban J connectivity index is 1.59. The Bertz CT molecular complexity index is 1080. The summed E-state index contributed by atoms with van der Waals surface area (Å²) in [6, 6.07) is 11.5. The topological polar surface area (TPSA) is 108 Å². The van der Waals surface area contributed by atoms with Gasteiger partial charge in [0.25, 0.3) is 10.0 Å². The lowest BCUT2D eigenvalue weighted by molar-refractivity contribution is -0.115. The summed E-state index contributed by atoms with van der Waals surface area (Å²) in [5, 5.41) is 13.4. The highest BCUT2D eigenvalue weighted by molar-refractivity contribution is 7.93. The number of carbonyl (C=O) groups excluding carboxylic acids is 1. The van der Waals surface area contributed by atoms with E-state index in [-0.39, 0.29) is 29.0 Å². The molecule has 1 amide bonds. The first kappa shape index (κ1) is 20.9. The lowest BCUT2D eigenvalue weighted by Gasteiger charge is -2.06. The molecular formula is C19H18FN3O4S2. The van der Waals surface area contributed by atoms with Gasteiger partial charge in [0.1, 0.15) is 5.82 Å². The van der Waals surface area contributed by atoms with E-state index in [1.165, 1.54) is 0 Å². The van der Waals surface area contributed by atoms with Crippen LogP contribution in [0.5, 0.6) is 0 Å². The van der Waals surface area contributed by atoms with Crippen LogP contribution in [0, 0.1) is 5.82 Å². The zero-order valence-electron chi connectivity index (χ0n) is 15.1. The molecule has 0 aliphatic rings. The molecule has 0 radical (unpaired) electrons. The summed E-state index contributed by atoms with van der Waals surface area (Å²) in [5.41, 5.74) is 1.99. The van der Waals surface area contributed by atoms with Crippen molar-refractivity contribution in [3.63, 3.8) is 0 Å². The SMILES string of the molecule is O=C(Cc1csc(NS(=O)(=O)c2ccc(F)cc2)n1)Nc1ccc(CCO)cc1. The monoisotopic (exact) mass is 435 g/mol. The van der Waals surface area contributed by atoms with E-state index in [1.54, 1.807) is 17.5 Å². The average Bonchev–Trinajstić information content (AvgIpc) is 3.09. The molecule has 3 N–H and O–H groups in total. The highest BCUT2D eigenvalue weighted by Gasteiger charge is 2.17. The highest BCUT2D eigenvalue weighted by Crippen LogP contribution is 2.21. The third-order valence-corrected chi connectivity index (χ3v) is 6.17. The second-order valence-corrected chi connectivity index (χ2v) is 8.64. The number of hydrogen-bond donors (Lipinski definition) is 3. The van der Waals surface area contributed by atoms with Crippen molar-refractivity contribution in [3.05, 3.63) is 71.0 Å². The van der Waals surface area contributed by atoms with Gasteiger partial charge in [0.2, 0.25) is 5.91 Å². The zero-order chi connectivity index (χ0) is 20.9. The number of thiazole rings is 1. The fourth-order valence-electron chi connectivity index (χ4n) is 2.48. The molecule has 7 nitrogen and oxygen atoms in total. The van der Waals surface area contributed by atoms with Gasteiger partial charge in [-0.1, -0.05) is 12.1 Å². The van der Waals surface area contributed by atoms with Crippen LogP contribution in [-0.4, -0.2) is 31.0 Å². The molecule has 0 saturated carbocycles. The standard InChI is InChI=1S/C19H18FN3O4S2/c20-14-3-7-17(8-4-14)29(26,27)23-19-22-16(12-28-19)11-18(25)21-15-5-1-13(2-6-15)9-10-24/h1-8,12,24H,9-11H2,(H,21,25)(H,22,23). The van der Waals surface area contributed by atoms with Crippen LogP contribution in [0.3, 0.4) is 0 Å². The third kappa shape index (κ3) is 5.83. The van der Waals surface area contributed by atoms with Crippen molar-refractivity contribution in [2.75, 3.05) is 16.6 Å². The third-order valence-electron chi connectivity index (χ3n) is 3.88. The van der Waals surface area contributed by atoms with Crippen molar-refractivity contribution >= 4 is 38.1 Å². The van der Waals surface area contributed by atoms with Crippen LogP contribution in [0.1, 0.15) is 11.3 Å². The van der Waals surface area contributed by atoms with Crippen LogP contribution < -0.4 is 10.0 Å². The minimum atomic E-state index is -3.89. The molecule has 29 heavy (non-hydrogen) atoms. The second kappa shape index (κ2) is 9.12. The fraction of sp³-hybridized carbons (Fsp3) is 0.158. The molecule has 0 saturated heterocycles. The van der Waals surface area contributed by atoms with E-state index in [4.69, 9.17) is 5.11 Å². The number of halogens is 1. The zero-order valence-corrected chi connectivity index (χ0v) is 16.8. The number of amides is 1. The average molecular weight is 436 g/mol. The smallest absolute Gasteiger partial charge is 0.263 e. The number of aromatic nitrogens is 1. The number of nitrogens with one attached hydrogen (secondary N) is 2. The van der Waals surface area contributed by atoms with Crippen molar-refractivity contribution < 1.29 is 22.7 Å². The van der Waals surface area contributed by atoms with E-state index in [2.05, 4.69) is 15.0 Å². The Morgan fingerprint density at radius 3 is 2.45 bits per heavy atom. The van der Waals surface area contributed by atoms with E-state index in [9.17, 15) is 17.6 Å². The summed E-state index contributed by atoms with van der Waals surface area (Å²) in [6.45, 7) is 0.0583. The van der Waals surface area contributed by atoms with Crippen molar-refractivity contribution in [2.24, 2.45) is 0 Å². The number of rotatable bonds is 8. The molecule has 0 bridgehead atoms. The van der Waals surface area contributed by atoms with Crippen molar-refractivity contribution in [1.82, 2.24) is 4.98 Å². The van der Waals surface area contributed by atoms with Gasteiger partial charge < -0.3 is 10.4 Å². The first-order chi connectivity index (χ1) is 13.9. The van der Waals surface area contributed by atoms with Crippen LogP contribution in [0.2, 0.25) is 0 Å². The number of benzene rings is 2. The number of aliphatic hydroxyl groups excluding tert-OH is 1. The van der Waals surface area contributed by atoms with E-state index in [1.807, 2.05) is 12.1 Å². The molecule has 0 unspecified atom stereocenters. The Kier molecular flexibility index (Phi) is 6.57. The summed E-state index contributed by atoms with van der Waals surface area (Å²) in [6.07, 6.45) is 0.525. The molecule has 2 aromatic carbocycles. The maximum atomic E-state index is 13.0. The van der Waals surface area contributed by atoms with Crippen LogP contribution in [-0.2, 0) is 27.7 Å². The molecule has 1 heterocycles. The Hall–Kier alpha value is -2.82. The van der Waals surface area contributed by atoms with E-state index in [0.29, 0.717) is 17.8 Å². The van der Waals surface area contributed by atoms with Gasteiger partial charge in [0, 0.05) is 17.7 Å². The van der Waals surface area contributed by atoms with Gasteiger partial charge in [0.05, 0.1) is 17.0 Å². The van der Waals surface area contributed by atoms with Gasteiger partial charge in [-0.2, -0.15) is 0 Å². The number of carbonyl (C=O) groups is 1. The Labute approximate surface area is 171 Å². The lowest BCUT2D eigenvalue weighted by atomic mass is 10.1. The van der Waals surface area contributed by atoms with Gasteiger partial charge in [-0.3, -0.25) is 9.52 Å². The van der Waals surface area contributed by atoms with Gasteiger partial charge in [-0.15, -0.1) is 11.3 Å². The first-order valence-electron chi connectivity index (χ1n) is 8.58. The molecule has 0 aliphatic carbocycles. The van der Waals surface area contributed by atoms with Crippen LogP contribution >= 0.6 is 11.3 Å². The number of hydrogen-bond acceptors (Lipinski definition) is 6. The molecule has 0 fully saturated rings. The summed E-state index contributed by atoms with van der Waals surface area (Å²) >= 11 is 1.05. The molecule has 0 atom stereocenters. The number of sulfonamides is 1. The lowest BCUT2D eigenvalue weighted by Crippen LogP contribution is -2.15.